The Bertz CT molecular complexity index is 732. The van der Waals surface area contributed by atoms with Crippen molar-refractivity contribution < 1.29 is 13.3 Å². The Morgan fingerprint density at radius 3 is 2.70 bits per heavy atom. The van der Waals surface area contributed by atoms with Crippen LogP contribution >= 0.6 is 11.6 Å². The second kappa shape index (κ2) is 6.43. The maximum Gasteiger partial charge on any atom is 0.441 e. The highest BCUT2D eigenvalue weighted by atomic mass is 35.5. The number of benzene rings is 1. The number of rotatable bonds is 4. The molecular weight excluding hydrogens is 326 g/mol. The second-order valence-corrected chi connectivity index (χ2v) is 6.45. The van der Waals surface area contributed by atoms with Crippen molar-refractivity contribution in [3.63, 3.8) is 0 Å². The summed E-state index contributed by atoms with van der Waals surface area (Å²) in [7, 11) is 0. The average Bonchev–Trinajstić information content (AvgIpc) is 2.85. The van der Waals surface area contributed by atoms with Crippen molar-refractivity contribution >= 4 is 11.6 Å². The summed E-state index contributed by atoms with van der Waals surface area (Å²) in [6.07, 6.45) is 1.11. The highest BCUT2D eigenvalue weighted by Gasteiger charge is 2.35. The molecule has 0 bridgehead atoms. The minimum absolute atomic E-state index is 0.0941. The monoisotopic (exact) mass is 342 g/mol. The lowest BCUT2D eigenvalue weighted by atomic mass is 9.84. The largest absolute Gasteiger partial charge is 0.441 e. The van der Waals surface area contributed by atoms with Crippen LogP contribution in [0.2, 0.25) is 5.02 Å². The first-order chi connectivity index (χ1) is 10.9. The van der Waals surface area contributed by atoms with Crippen molar-refractivity contribution in [3.8, 4) is 0 Å². The molecule has 0 atom stereocenters. The van der Waals surface area contributed by atoms with E-state index < -0.39 is 11.7 Å². The summed E-state index contributed by atoms with van der Waals surface area (Å²) in [5.74, 6) is -2.53. The number of nitrogens with zero attached hydrogens (tertiary/aromatic N) is 2. The number of alkyl halides is 2. The van der Waals surface area contributed by atoms with E-state index in [1.807, 2.05) is 18.2 Å². The van der Waals surface area contributed by atoms with Crippen molar-refractivity contribution in [2.45, 2.75) is 44.6 Å². The Morgan fingerprint density at radius 1 is 1.30 bits per heavy atom. The second-order valence-electron chi connectivity index (χ2n) is 6.05. The summed E-state index contributed by atoms with van der Waals surface area (Å²) in [6.45, 7) is 0.264. The minimum atomic E-state index is -2.56. The van der Waals surface area contributed by atoms with Crippen molar-refractivity contribution in [2.24, 2.45) is 5.92 Å². The molecule has 124 valence electrons. The van der Waals surface area contributed by atoms with Crippen LogP contribution in [-0.4, -0.2) is 15.6 Å². The summed E-state index contributed by atoms with van der Waals surface area (Å²) in [5, 5.41) is 4.38. The lowest BCUT2D eigenvalue weighted by Crippen LogP contribution is -2.27. The molecule has 0 unspecified atom stereocenters. The molecule has 0 radical (unpaired) electrons. The summed E-state index contributed by atoms with van der Waals surface area (Å²) in [4.78, 5) is 11.9. The van der Waals surface area contributed by atoms with E-state index in [-0.39, 0.29) is 25.3 Å². The van der Waals surface area contributed by atoms with Crippen LogP contribution in [0.3, 0.4) is 0 Å². The first kappa shape index (κ1) is 16.2. The highest BCUT2D eigenvalue weighted by molar-refractivity contribution is 6.31. The molecule has 0 saturated heterocycles. The summed E-state index contributed by atoms with van der Waals surface area (Å²) in [5.41, 5.74) is 0.788. The van der Waals surface area contributed by atoms with Gasteiger partial charge in [0, 0.05) is 24.3 Å². The molecule has 1 aliphatic rings. The maximum atomic E-state index is 13.2. The van der Waals surface area contributed by atoms with Gasteiger partial charge in [-0.3, -0.25) is 9.09 Å². The van der Waals surface area contributed by atoms with Gasteiger partial charge in [-0.2, -0.15) is 0 Å². The van der Waals surface area contributed by atoms with Crippen LogP contribution in [0, 0.1) is 5.92 Å². The van der Waals surface area contributed by atoms with Crippen molar-refractivity contribution in [3.05, 3.63) is 51.2 Å². The third kappa shape index (κ3) is 3.80. The third-order valence-corrected chi connectivity index (χ3v) is 4.72. The van der Waals surface area contributed by atoms with Gasteiger partial charge >= 0.3 is 5.76 Å². The van der Waals surface area contributed by atoms with E-state index in [1.54, 1.807) is 6.07 Å². The van der Waals surface area contributed by atoms with E-state index in [1.165, 1.54) is 4.57 Å². The zero-order valence-electron chi connectivity index (χ0n) is 12.5. The van der Waals surface area contributed by atoms with Gasteiger partial charge in [-0.15, -0.1) is 0 Å². The van der Waals surface area contributed by atoms with Gasteiger partial charge in [0.15, 0.2) is 5.82 Å². The van der Waals surface area contributed by atoms with Gasteiger partial charge in [0.2, 0.25) is 5.92 Å². The van der Waals surface area contributed by atoms with E-state index in [0.29, 0.717) is 30.1 Å². The van der Waals surface area contributed by atoms with Crippen LogP contribution in [0.4, 0.5) is 8.78 Å². The van der Waals surface area contributed by atoms with Crippen LogP contribution in [0.1, 0.15) is 37.1 Å². The molecule has 4 nitrogen and oxygen atoms in total. The van der Waals surface area contributed by atoms with E-state index in [9.17, 15) is 13.6 Å². The number of halogens is 3. The number of aromatic nitrogens is 2. The Hall–Kier alpha value is -1.69. The maximum absolute atomic E-state index is 13.2. The van der Waals surface area contributed by atoms with Crippen molar-refractivity contribution in [1.82, 2.24) is 9.72 Å². The van der Waals surface area contributed by atoms with Crippen molar-refractivity contribution in [2.75, 3.05) is 0 Å². The topological polar surface area (TPSA) is 48.0 Å². The summed E-state index contributed by atoms with van der Waals surface area (Å²) < 4.78 is 32.6. The number of hydrogen-bond donors (Lipinski definition) is 0. The number of hydrogen-bond acceptors (Lipinski definition) is 3. The summed E-state index contributed by atoms with van der Waals surface area (Å²) in [6, 6.07) is 7.22. The zero-order chi connectivity index (χ0) is 16.4. The smallest absolute Gasteiger partial charge is 0.296 e. The van der Waals surface area contributed by atoms with Gasteiger partial charge in [0.1, 0.15) is 0 Å². The Morgan fingerprint density at radius 2 is 2.00 bits per heavy atom. The molecule has 2 aromatic rings. The predicted octanol–water partition coefficient (Wildman–Crippen LogP) is 3.91. The Kier molecular flexibility index (Phi) is 4.53. The molecule has 1 saturated carbocycles. The molecule has 23 heavy (non-hydrogen) atoms. The predicted molar refractivity (Wildman–Crippen MR) is 81.9 cm³/mol. The van der Waals surface area contributed by atoms with Crippen LogP contribution in [0.5, 0.6) is 0 Å². The van der Waals surface area contributed by atoms with Crippen LogP contribution < -0.4 is 5.76 Å². The summed E-state index contributed by atoms with van der Waals surface area (Å²) >= 11 is 6.12. The van der Waals surface area contributed by atoms with E-state index in [0.717, 1.165) is 5.56 Å². The third-order valence-electron chi connectivity index (χ3n) is 4.36. The molecule has 0 spiro atoms. The van der Waals surface area contributed by atoms with Gasteiger partial charge in [-0.1, -0.05) is 35.0 Å². The minimum Gasteiger partial charge on any atom is -0.296 e. The van der Waals surface area contributed by atoms with Gasteiger partial charge in [-0.25, -0.2) is 13.6 Å². The van der Waals surface area contributed by atoms with Gasteiger partial charge in [0.25, 0.3) is 0 Å². The quantitative estimate of drug-likeness (QED) is 0.846. The van der Waals surface area contributed by atoms with Crippen molar-refractivity contribution in [1.29, 1.82) is 0 Å². The zero-order valence-corrected chi connectivity index (χ0v) is 13.2. The molecule has 7 heteroatoms. The fourth-order valence-electron chi connectivity index (χ4n) is 2.96. The van der Waals surface area contributed by atoms with Crippen LogP contribution in [0.15, 0.2) is 33.6 Å². The van der Waals surface area contributed by atoms with Gasteiger partial charge in [-0.05, 0) is 30.4 Å². The highest BCUT2D eigenvalue weighted by Crippen LogP contribution is 2.37. The molecule has 1 heterocycles. The van der Waals surface area contributed by atoms with Crippen LogP contribution in [-0.2, 0) is 13.0 Å². The Labute approximate surface area is 137 Å². The van der Waals surface area contributed by atoms with Gasteiger partial charge < -0.3 is 0 Å². The molecule has 0 N–H and O–H groups in total. The standard InChI is InChI=1S/C16H17ClF2N2O2/c17-13-4-2-1-3-12(13)10-21-14(20-23-15(21)22)9-11-5-7-16(18,19)8-6-11/h1-4,11H,5-10H2. The van der Waals surface area contributed by atoms with E-state index >= 15 is 0 Å². The molecular formula is C16H17ClF2N2O2. The SMILES string of the molecule is O=c1onc(CC2CCC(F)(F)CC2)n1Cc1ccccc1Cl. The lowest BCUT2D eigenvalue weighted by molar-refractivity contribution is -0.0459. The molecule has 1 aliphatic carbocycles. The lowest BCUT2D eigenvalue weighted by Gasteiger charge is -2.27. The Balaban J connectivity index is 1.75. The molecule has 1 aromatic carbocycles. The fourth-order valence-corrected chi connectivity index (χ4v) is 3.15. The molecule has 0 aliphatic heterocycles. The normalized spacial score (nSPS) is 18.2. The molecule has 0 amide bonds. The van der Waals surface area contributed by atoms with Gasteiger partial charge in [0.05, 0.1) is 6.54 Å². The van der Waals surface area contributed by atoms with Crippen LogP contribution in [0.25, 0.3) is 0 Å². The van der Waals surface area contributed by atoms with E-state index in [4.69, 9.17) is 16.1 Å². The average molecular weight is 343 g/mol. The first-order valence-electron chi connectivity index (χ1n) is 7.61. The fraction of sp³-hybridized carbons (Fsp3) is 0.500. The first-order valence-corrected chi connectivity index (χ1v) is 7.99. The van der Waals surface area contributed by atoms with E-state index in [2.05, 4.69) is 5.16 Å². The molecule has 3 rings (SSSR count). The molecule has 1 fully saturated rings. The molecule has 1 aromatic heterocycles.